The van der Waals surface area contributed by atoms with E-state index in [-0.39, 0.29) is 9.28 Å². The lowest BCUT2D eigenvalue weighted by Crippen LogP contribution is -2.62. The maximum atomic E-state index is 5.99. The van der Waals surface area contributed by atoms with Crippen LogP contribution in [0.3, 0.4) is 0 Å². The summed E-state index contributed by atoms with van der Waals surface area (Å²) in [7, 11) is -1.71. The Hall–Kier alpha value is -0.426. The third kappa shape index (κ3) is 1.83. The summed E-state index contributed by atoms with van der Waals surface area (Å²) in [6.45, 7) is 0.980. The average molecular weight is 223 g/mol. The predicted octanol–water partition coefficient (Wildman–Crippen LogP) is -0.159. The quantitative estimate of drug-likeness (QED) is 0.707. The topological polar surface area (TPSA) is 35.2 Å². The van der Waals surface area contributed by atoms with Crippen LogP contribution in [0, 0.1) is 0 Å². The Balaban J connectivity index is 2.27. The zero-order valence-corrected chi connectivity index (χ0v) is 10.8. The first-order chi connectivity index (χ1) is 6.87. The van der Waals surface area contributed by atoms with Gasteiger partial charge in [0.1, 0.15) is 7.59 Å². The molecule has 1 fully saturated rings. The van der Waals surface area contributed by atoms with Gasteiger partial charge in [0.15, 0.2) is 9.28 Å². The van der Waals surface area contributed by atoms with Gasteiger partial charge in [-0.25, -0.2) is 0 Å². The molecule has 0 radical (unpaired) electrons. The smallest absolute Gasteiger partial charge is 0.157 e. The molecule has 0 spiro atoms. The Bertz CT molecular complexity index is 285. The summed E-state index contributed by atoms with van der Waals surface area (Å²) in [4.78, 5) is 0. The highest BCUT2D eigenvalue weighted by molar-refractivity contribution is 7.29. The standard InChI is InChI=1S/C10H17NOSi2/c11-9-14(8-4-7-12-13-14)10-5-2-1-3-6-10/h1-3,5-6H,4,7-9,11,13H2. The predicted molar refractivity (Wildman–Crippen MR) is 64.8 cm³/mol. The van der Waals surface area contributed by atoms with Crippen LogP contribution in [0.2, 0.25) is 6.04 Å². The zero-order chi connectivity index (χ0) is 9.86. The highest BCUT2D eigenvalue weighted by Crippen LogP contribution is 2.15. The van der Waals surface area contributed by atoms with Gasteiger partial charge in [-0.3, -0.25) is 0 Å². The molecule has 1 heterocycles. The fourth-order valence-electron chi connectivity index (χ4n) is 2.15. The van der Waals surface area contributed by atoms with E-state index in [1.165, 1.54) is 17.7 Å². The molecule has 0 bridgehead atoms. The van der Waals surface area contributed by atoms with Crippen molar-refractivity contribution in [3.8, 4) is 0 Å². The van der Waals surface area contributed by atoms with E-state index >= 15 is 0 Å². The lowest BCUT2D eigenvalue weighted by Gasteiger charge is -2.33. The van der Waals surface area contributed by atoms with Crippen LogP contribution in [0.25, 0.3) is 0 Å². The van der Waals surface area contributed by atoms with Crippen molar-refractivity contribution in [2.45, 2.75) is 12.5 Å². The van der Waals surface area contributed by atoms with Gasteiger partial charge in [0.05, 0.1) is 0 Å². The Morgan fingerprint density at radius 1 is 1.36 bits per heavy atom. The Morgan fingerprint density at radius 3 is 2.71 bits per heavy atom. The molecule has 1 aliphatic rings. The molecule has 14 heavy (non-hydrogen) atoms. The van der Waals surface area contributed by atoms with Gasteiger partial charge in [0, 0.05) is 6.61 Å². The first kappa shape index (κ1) is 10.1. The monoisotopic (exact) mass is 223 g/mol. The van der Waals surface area contributed by atoms with Crippen LogP contribution >= 0.6 is 0 Å². The first-order valence-corrected chi connectivity index (χ1v) is 10.5. The summed E-state index contributed by atoms with van der Waals surface area (Å²) < 4.78 is 5.75. The number of rotatable bonds is 2. The molecule has 2 nitrogen and oxygen atoms in total. The third-order valence-electron chi connectivity index (χ3n) is 3.10. The SMILES string of the molecule is NC[Si]1(c2ccccc2)CCCO[SiH2]1. The highest BCUT2D eigenvalue weighted by atomic mass is 29.2. The van der Waals surface area contributed by atoms with Gasteiger partial charge in [-0.2, -0.15) is 0 Å². The minimum Gasteiger partial charge on any atom is -0.427 e. The number of hydrogen-bond donors (Lipinski definition) is 1. The van der Waals surface area contributed by atoms with E-state index in [0.29, 0.717) is 0 Å². The second kappa shape index (κ2) is 4.40. The molecule has 76 valence electrons. The largest absolute Gasteiger partial charge is 0.427 e. The minimum atomic E-state index is -1.34. The molecule has 1 aromatic rings. The molecule has 2 rings (SSSR count). The second-order valence-corrected chi connectivity index (χ2v) is 13.7. The molecular weight excluding hydrogens is 206 g/mol. The van der Waals surface area contributed by atoms with Crippen LogP contribution in [0.5, 0.6) is 0 Å². The summed E-state index contributed by atoms with van der Waals surface area (Å²) in [6.07, 6.45) is 2.09. The van der Waals surface area contributed by atoms with E-state index in [1.807, 2.05) is 0 Å². The summed E-state index contributed by atoms with van der Waals surface area (Å²) >= 11 is 0. The highest BCUT2D eigenvalue weighted by Gasteiger charge is 2.36. The first-order valence-electron chi connectivity index (χ1n) is 5.21. The summed E-state index contributed by atoms with van der Waals surface area (Å²) in [6, 6.07) is 12.2. The number of hydrogen-bond acceptors (Lipinski definition) is 2. The average Bonchev–Trinajstić information content (AvgIpc) is 2.31. The van der Waals surface area contributed by atoms with Crippen molar-refractivity contribution in [2.24, 2.45) is 5.73 Å². The molecule has 0 aliphatic carbocycles. The summed E-state index contributed by atoms with van der Waals surface area (Å²) in [5.74, 6) is 0. The van der Waals surface area contributed by atoms with Crippen molar-refractivity contribution in [3.63, 3.8) is 0 Å². The number of nitrogens with two attached hydrogens (primary N) is 1. The fourth-order valence-corrected chi connectivity index (χ4v) is 10.1. The lowest BCUT2D eigenvalue weighted by molar-refractivity contribution is 0.334. The van der Waals surface area contributed by atoms with Gasteiger partial charge in [-0.1, -0.05) is 41.6 Å². The Kier molecular flexibility index (Phi) is 3.17. The molecule has 1 aromatic carbocycles. The Labute approximate surface area is 88.2 Å². The molecule has 0 amide bonds. The molecule has 0 saturated carbocycles. The van der Waals surface area contributed by atoms with Crippen LogP contribution < -0.4 is 10.9 Å². The molecule has 1 aliphatic heterocycles. The summed E-state index contributed by atoms with van der Waals surface area (Å²) in [5, 5.41) is 1.52. The zero-order valence-electron chi connectivity index (χ0n) is 8.41. The molecule has 2 N–H and O–H groups in total. The third-order valence-corrected chi connectivity index (χ3v) is 13.2. The van der Waals surface area contributed by atoms with Gasteiger partial charge in [0.2, 0.25) is 0 Å². The van der Waals surface area contributed by atoms with E-state index in [4.69, 9.17) is 10.2 Å². The van der Waals surface area contributed by atoms with Crippen molar-refractivity contribution >= 4 is 22.1 Å². The second-order valence-electron chi connectivity index (χ2n) is 4.01. The van der Waals surface area contributed by atoms with Crippen LogP contribution in [-0.2, 0) is 4.43 Å². The van der Waals surface area contributed by atoms with Crippen LogP contribution in [0.15, 0.2) is 30.3 Å². The molecule has 1 unspecified atom stereocenters. The number of benzene rings is 1. The molecule has 1 saturated heterocycles. The van der Waals surface area contributed by atoms with Crippen molar-refractivity contribution in [3.05, 3.63) is 30.3 Å². The molecule has 0 aromatic heterocycles. The van der Waals surface area contributed by atoms with Crippen LogP contribution in [0.1, 0.15) is 6.42 Å². The Morgan fingerprint density at radius 2 is 2.14 bits per heavy atom. The molecule has 1 atom stereocenters. The molecule has 4 heteroatoms. The fraction of sp³-hybridized carbons (Fsp3) is 0.400. The van der Waals surface area contributed by atoms with Gasteiger partial charge in [0.25, 0.3) is 0 Å². The van der Waals surface area contributed by atoms with Crippen molar-refractivity contribution in [1.82, 2.24) is 0 Å². The molecular formula is C10H17NOSi2. The normalized spacial score (nSPS) is 29.2. The van der Waals surface area contributed by atoms with Gasteiger partial charge in [-0.05, 0) is 12.6 Å². The van der Waals surface area contributed by atoms with Crippen molar-refractivity contribution < 1.29 is 4.43 Å². The van der Waals surface area contributed by atoms with E-state index in [0.717, 1.165) is 12.8 Å². The van der Waals surface area contributed by atoms with E-state index in [2.05, 4.69) is 30.3 Å². The van der Waals surface area contributed by atoms with Gasteiger partial charge < -0.3 is 10.2 Å². The lowest BCUT2D eigenvalue weighted by atomic mass is 10.4. The van der Waals surface area contributed by atoms with Crippen molar-refractivity contribution in [1.29, 1.82) is 0 Å². The van der Waals surface area contributed by atoms with Crippen LogP contribution in [0.4, 0.5) is 0 Å². The van der Waals surface area contributed by atoms with E-state index in [1.54, 1.807) is 0 Å². The summed E-state index contributed by atoms with van der Waals surface area (Å²) in [5.41, 5.74) is 5.99. The maximum Gasteiger partial charge on any atom is 0.157 e. The van der Waals surface area contributed by atoms with E-state index in [9.17, 15) is 0 Å². The maximum absolute atomic E-state index is 5.99. The van der Waals surface area contributed by atoms with Crippen LogP contribution in [-0.4, -0.2) is 29.6 Å². The van der Waals surface area contributed by atoms with Gasteiger partial charge >= 0.3 is 0 Å². The van der Waals surface area contributed by atoms with E-state index < -0.39 is 7.59 Å². The van der Waals surface area contributed by atoms with Crippen molar-refractivity contribution in [2.75, 3.05) is 12.8 Å². The van der Waals surface area contributed by atoms with Gasteiger partial charge in [-0.15, -0.1) is 0 Å². The minimum absolute atomic E-state index is 0.369.